The molecular formula is C13H19BrF3IN4S. The van der Waals surface area contributed by atoms with Crippen LogP contribution in [-0.2, 0) is 6.54 Å². The van der Waals surface area contributed by atoms with Crippen LogP contribution in [-0.4, -0.2) is 49.8 Å². The quantitative estimate of drug-likeness (QED) is 0.359. The number of alkyl halides is 3. The zero-order valence-corrected chi connectivity index (χ0v) is 17.2. The highest BCUT2D eigenvalue weighted by Gasteiger charge is 2.34. The van der Waals surface area contributed by atoms with E-state index in [2.05, 4.69) is 31.6 Å². The number of halogens is 5. The minimum absolute atomic E-state index is 0. The van der Waals surface area contributed by atoms with Gasteiger partial charge in [-0.15, -0.1) is 35.3 Å². The molecule has 132 valence electrons. The summed E-state index contributed by atoms with van der Waals surface area (Å²) in [4.78, 5) is 6.69. The topological polar surface area (TPSA) is 39.7 Å². The molecule has 1 aliphatic heterocycles. The Morgan fingerprint density at radius 3 is 2.78 bits per heavy atom. The van der Waals surface area contributed by atoms with Crippen molar-refractivity contribution < 1.29 is 13.2 Å². The van der Waals surface area contributed by atoms with Crippen molar-refractivity contribution in [3.8, 4) is 0 Å². The number of nitrogens with one attached hydrogen (secondary N) is 2. The van der Waals surface area contributed by atoms with E-state index in [1.165, 1.54) is 4.90 Å². The van der Waals surface area contributed by atoms with Crippen LogP contribution in [0, 0.1) is 0 Å². The van der Waals surface area contributed by atoms with Crippen LogP contribution in [0.1, 0.15) is 11.3 Å². The standard InChI is InChI=1S/C13H18BrF3N4S.HI/c1-18-12(19-6-10-2-3-11(14)22-10)20-9-4-5-21(7-9)8-13(15,16)17;/h2-3,9H,4-8H2,1H3,(H2,18,19,20);1H. The molecule has 0 saturated carbocycles. The zero-order valence-electron chi connectivity index (χ0n) is 12.5. The Bertz CT molecular complexity index is 524. The molecule has 23 heavy (non-hydrogen) atoms. The molecule has 0 bridgehead atoms. The average molecular weight is 527 g/mol. The van der Waals surface area contributed by atoms with E-state index in [9.17, 15) is 13.2 Å². The Morgan fingerprint density at radius 1 is 1.48 bits per heavy atom. The zero-order chi connectivity index (χ0) is 16.2. The second kappa shape index (κ2) is 9.42. The third-order valence-corrected chi connectivity index (χ3v) is 4.92. The second-order valence-electron chi connectivity index (χ2n) is 5.11. The van der Waals surface area contributed by atoms with Gasteiger partial charge in [0.05, 0.1) is 16.9 Å². The van der Waals surface area contributed by atoms with Crippen molar-refractivity contribution in [2.45, 2.75) is 25.2 Å². The van der Waals surface area contributed by atoms with Gasteiger partial charge in [-0.25, -0.2) is 0 Å². The molecule has 2 rings (SSSR count). The van der Waals surface area contributed by atoms with Gasteiger partial charge in [0, 0.05) is 31.1 Å². The summed E-state index contributed by atoms with van der Waals surface area (Å²) in [6.07, 6.45) is -3.46. The first kappa shape index (κ1) is 21.0. The SMILES string of the molecule is CN=C(NCc1ccc(Br)s1)NC1CCN(CC(F)(F)F)C1.I. The molecule has 1 atom stereocenters. The number of hydrogen-bond donors (Lipinski definition) is 2. The summed E-state index contributed by atoms with van der Waals surface area (Å²) in [5.74, 6) is 0.614. The van der Waals surface area contributed by atoms with E-state index in [0.717, 1.165) is 8.66 Å². The Labute approximate surface area is 163 Å². The highest BCUT2D eigenvalue weighted by Crippen LogP contribution is 2.22. The summed E-state index contributed by atoms with van der Waals surface area (Å²) < 4.78 is 38.2. The lowest BCUT2D eigenvalue weighted by molar-refractivity contribution is -0.143. The van der Waals surface area contributed by atoms with Crippen LogP contribution in [0.2, 0.25) is 0 Å². The van der Waals surface area contributed by atoms with Crippen LogP contribution in [0.3, 0.4) is 0 Å². The van der Waals surface area contributed by atoms with E-state index in [4.69, 9.17) is 0 Å². The normalized spacial score (nSPS) is 19.5. The van der Waals surface area contributed by atoms with Crippen LogP contribution in [0.4, 0.5) is 13.2 Å². The molecule has 0 aromatic carbocycles. The number of rotatable bonds is 4. The first-order chi connectivity index (χ1) is 10.4. The first-order valence-electron chi connectivity index (χ1n) is 6.86. The van der Waals surface area contributed by atoms with Crippen LogP contribution >= 0.6 is 51.2 Å². The molecule has 2 N–H and O–H groups in total. The molecule has 1 aliphatic rings. The summed E-state index contributed by atoms with van der Waals surface area (Å²) in [5.41, 5.74) is 0. The lowest BCUT2D eigenvalue weighted by atomic mass is 10.3. The van der Waals surface area contributed by atoms with E-state index in [1.54, 1.807) is 18.4 Å². The molecule has 1 aromatic rings. The lowest BCUT2D eigenvalue weighted by Crippen LogP contribution is -2.44. The minimum atomic E-state index is -4.14. The highest BCUT2D eigenvalue weighted by atomic mass is 127. The predicted molar refractivity (Wildman–Crippen MR) is 102 cm³/mol. The fraction of sp³-hybridized carbons (Fsp3) is 0.615. The fourth-order valence-electron chi connectivity index (χ4n) is 2.35. The highest BCUT2D eigenvalue weighted by molar-refractivity contribution is 14.0. The first-order valence-corrected chi connectivity index (χ1v) is 8.47. The van der Waals surface area contributed by atoms with Crippen molar-refractivity contribution in [1.29, 1.82) is 0 Å². The minimum Gasteiger partial charge on any atom is -0.352 e. The van der Waals surface area contributed by atoms with Crippen molar-refractivity contribution in [3.63, 3.8) is 0 Å². The van der Waals surface area contributed by atoms with Gasteiger partial charge in [-0.05, 0) is 34.5 Å². The van der Waals surface area contributed by atoms with Crippen molar-refractivity contribution in [1.82, 2.24) is 15.5 Å². The van der Waals surface area contributed by atoms with Gasteiger partial charge in [0.2, 0.25) is 0 Å². The Kier molecular flexibility index (Phi) is 8.59. The molecule has 1 aromatic heterocycles. The Balaban J connectivity index is 0.00000264. The van der Waals surface area contributed by atoms with E-state index in [-0.39, 0.29) is 30.0 Å². The van der Waals surface area contributed by atoms with Gasteiger partial charge in [0.25, 0.3) is 0 Å². The van der Waals surface area contributed by atoms with E-state index in [0.29, 0.717) is 32.0 Å². The van der Waals surface area contributed by atoms with E-state index >= 15 is 0 Å². The number of thiophene rings is 1. The van der Waals surface area contributed by atoms with Crippen LogP contribution < -0.4 is 10.6 Å². The molecule has 0 amide bonds. The van der Waals surface area contributed by atoms with Gasteiger partial charge in [-0.3, -0.25) is 9.89 Å². The van der Waals surface area contributed by atoms with Crippen molar-refractivity contribution >= 4 is 57.2 Å². The summed E-state index contributed by atoms with van der Waals surface area (Å²) in [6, 6.07) is 3.98. The van der Waals surface area contributed by atoms with Crippen molar-refractivity contribution in [2.75, 3.05) is 26.7 Å². The lowest BCUT2D eigenvalue weighted by Gasteiger charge is -2.19. The molecule has 4 nitrogen and oxygen atoms in total. The summed E-state index contributed by atoms with van der Waals surface area (Å²) in [6.45, 7) is 0.617. The van der Waals surface area contributed by atoms with E-state index in [1.807, 2.05) is 12.1 Å². The second-order valence-corrected chi connectivity index (χ2v) is 7.66. The predicted octanol–water partition coefficient (Wildman–Crippen LogP) is 3.43. The van der Waals surface area contributed by atoms with Crippen molar-refractivity contribution in [2.24, 2.45) is 4.99 Å². The van der Waals surface area contributed by atoms with E-state index < -0.39 is 12.7 Å². The summed E-state index contributed by atoms with van der Waals surface area (Å²) in [5, 5.41) is 6.36. The number of nitrogens with zero attached hydrogens (tertiary/aromatic N) is 2. The summed E-state index contributed by atoms with van der Waals surface area (Å²) in [7, 11) is 1.65. The largest absolute Gasteiger partial charge is 0.401 e. The van der Waals surface area contributed by atoms with Gasteiger partial charge < -0.3 is 10.6 Å². The number of guanidine groups is 1. The molecule has 2 heterocycles. The summed E-state index contributed by atoms with van der Waals surface area (Å²) >= 11 is 5.03. The average Bonchev–Trinajstić information content (AvgIpc) is 3.02. The molecule has 1 unspecified atom stereocenters. The number of aliphatic imine (C=N–C) groups is 1. The molecular weight excluding hydrogens is 508 g/mol. The van der Waals surface area contributed by atoms with Gasteiger partial charge in [0.15, 0.2) is 5.96 Å². The Hall–Kier alpha value is -0.0700. The maximum Gasteiger partial charge on any atom is 0.401 e. The van der Waals surface area contributed by atoms with Gasteiger partial charge >= 0.3 is 6.18 Å². The van der Waals surface area contributed by atoms with Gasteiger partial charge in [-0.2, -0.15) is 13.2 Å². The van der Waals surface area contributed by atoms with Crippen LogP contribution in [0.5, 0.6) is 0 Å². The maximum absolute atomic E-state index is 12.4. The maximum atomic E-state index is 12.4. The molecule has 0 radical (unpaired) electrons. The fourth-order valence-corrected chi connectivity index (χ4v) is 3.78. The third kappa shape index (κ3) is 7.57. The Morgan fingerprint density at radius 2 is 2.22 bits per heavy atom. The molecule has 0 spiro atoms. The molecule has 0 aliphatic carbocycles. The van der Waals surface area contributed by atoms with Gasteiger partial charge in [0.1, 0.15) is 0 Å². The third-order valence-electron chi connectivity index (χ3n) is 3.30. The molecule has 10 heteroatoms. The van der Waals surface area contributed by atoms with Crippen LogP contribution in [0.15, 0.2) is 20.9 Å². The number of likely N-dealkylation sites (tertiary alicyclic amines) is 1. The molecule has 1 fully saturated rings. The smallest absolute Gasteiger partial charge is 0.352 e. The number of hydrogen-bond acceptors (Lipinski definition) is 3. The molecule has 1 saturated heterocycles. The van der Waals surface area contributed by atoms with Crippen molar-refractivity contribution in [3.05, 3.63) is 20.8 Å². The monoisotopic (exact) mass is 526 g/mol. The van der Waals surface area contributed by atoms with Crippen LogP contribution in [0.25, 0.3) is 0 Å². The van der Waals surface area contributed by atoms with Gasteiger partial charge in [-0.1, -0.05) is 0 Å².